The van der Waals surface area contributed by atoms with Gasteiger partial charge in [-0.15, -0.1) is 0 Å². The largest absolute Gasteiger partial charge is 0.350 e. The highest BCUT2D eigenvalue weighted by Crippen LogP contribution is 2.29. The van der Waals surface area contributed by atoms with E-state index in [2.05, 4.69) is 15.3 Å². The maximum atomic E-state index is 12.7. The van der Waals surface area contributed by atoms with Gasteiger partial charge in [0, 0.05) is 51.8 Å². The Kier molecular flexibility index (Phi) is 7.03. The van der Waals surface area contributed by atoms with Crippen molar-refractivity contribution in [1.29, 1.82) is 0 Å². The van der Waals surface area contributed by atoms with Crippen molar-refractivity contribution in [1.82, 2.24) is 20.2 Å². The molecule has 7 heteroatoms. The van der Waals surface area contributed by atoms with E-state index in [1.165, 1.54) is 5.56 Å². The van der Waals surface area contributed by atoms with Crippen LogP contribution in [-0.4, -0.2) is 59.9 Å². The Labute approximate surface area is 178 Å². The minimum atomic E-state index is -0.167. The van der Waals surface area contributed by atoms with Gasteiger partial charge in [0.05, 0.1) is 11.3 Å². The average molecular weight is 410 g/mol. The van der Waals surface area contributed by atoms with E-state index in [9.17, 15) is 9.59 Å². The second kappa shape index (κ2) is 9.69. The monoisotopic (exact) mass is 409 g/mol. The first kappa shape index (κ1) is 21.7. The zero-order valence-electron chi connectivity index (χ0n) is 18.3. The lowest BCUT2D eigenvalue weighted by molar-refractivity contribution is -0.130. The van der Waals surface area contributed by atoms with Gasteiger partial charge in [-0.1, -0.05) is 30.3 Å². The minimum absolute atomic E-state index is 0.0264. The predicted octanol–water partition coefficient (Wildman–Crippen LogP) is 2.63. The predicted molar refractivity (Wildman–Crippen MR) is 118 cm³/mol. The van der Waals surface area contributed by atoms with Crippen molar-refractivity contribution in [3.05, 3.63) is 53.3 Å². The molecule has 0 spiro atoms. The third-order valence-electron chi connectivity index (χ3n) is 5.27. The maximum absolute atomic E-state index is 12.7. The van der Waals surface area contributed by atoms with Gasteiger partial charge in [0.2, 0.25) is 11.9 Å². The zero-order valence-corrected chi connectivity index (χ0v) is 18.3. The van der Waals surface area contributed by atoms with Crippen LogP contribution in [0, 0.1) is 0 Å². The number of carbonyl (C=O) groups excluding carboxylic acids is 2. The Hall–Kier alpha value is -2.96. The molecule has 1 fully saturated rings. The van der Waals surface area contributed by atoms with Crippen molar-refractivity contribution < 1.29 is 9.59 Å². The number of nitrogens with zero attached hydrogens (tertiary/aromatic N) is 4. The summed E-state index contributed by atoms with van der Waals surface area (Å²) in [6, 6.07) is 10.1. The third-order valence-corrected chi connectivity index (χ3v) is 5.27. The van der Waals surface area contributed by atoms with Gasteiger partial charge in [0.15, 0.2) is 0 Å². The molecule has 1 aromatic heterocycles. The van der Waals surface area contributed by atoms with Crippen LogP contribution in [0.25, 0.3) is 0 Å². The van der Waals surface area contributed by atoms with Crippen molar-refractivity contribution in [3.8, 4) is 0 Å². The van der Waals surface area contributed by atoms with E-state index in [4.69, 9.17) is 0 Å². The molecular formula is C23H31N5O2. The number of aromatic nitrogens is 2. The summed E-state index contributed by atoms with van der Waals surface area (Å²) in [6.07, 6.45) is 3.63. The van der Waals surface area contributed by atoms with E-state index in [-0.39, 0.29) is 23.8 Å². The molecule has 30 heavy (non-hydrogen) atoms. The lowest BCUT2D eigenvalue weighted by atomic mass is 9.99. The van der Waals surface area contributed by atoms with Gasteiger partial charge in [-0.25, -0.2) is 9.97 Å². The van der Waals surface area contributed by atoms with E-state index in [0.717, 1.165) is 18.5 Å². The fraction of sp³-hybridized carbons (Fsp3) is 0.478. The van der Waals surface area contributed by atoms with Gasteiger partial charge in [-0.2, -0.15) is 0 Å². The second-order valence-corrected chi connectivity index (χ2v) is 8.30. The number of rotatable bonds is 7. The standard InChI is InChI=1S/C23H31N5O2/c1-16(2)25-22(30)19-14-24-23(27(3)4)26-21(19)18-12-13-28(15-18)20(29)11-10-17-8-6-5-7-9-17/h5-9,14,16,18H,10-13,15H2,1-4H3,(H,25,30). The maximum Gasteiger partial charge on any atom is 0.254 e. The van der Waals surface area contributed by atoms with E-state index < -0.39 is 0 Å². The van der Waals surface area contributed by atoms with E-state index in [0.29, 0.717) is 31.0 Å². The Bertz CT molecular complexity index is 882. The minimum Gasteiger partial charge on any atom is -0.350 e. The van der Waals surface area contributed by atoms with E-state index in [1.807, 2.05) is 68.1 Å². The smallest absolute Gasteiger partial charge is 0.254 e. The van der Waals surface area contributed by atoms with Gasteiger partial charge in [0.25, 0.3) is 5.91 Å². The zero-order chi connectivity index (χ0) is 21.7. The van der Waals surface area contributed by atoms with Crippen LogP contribution >= 0.6 is 0 Å². The molecule has 1 aliphatic rings. The molecule has 2 amide bonds. The second-order valence-electron chi connectivity index (χ2n) is 8.30. The topological polar surface area (TPSA) is 78.4 Å². The Balaban J connectivity index is 1.72. The summed E-state index contributed by atoms with van der Waals surface area (Å²) in [6.45, 7) is 5.12. The molecular weight excluding hydrogens is 378 g/mol. The number of hydrogen-bond donors (Lipinski definition) is 1. The van der Waals surface area contributed by atoms with Crippen LogP contribution in [-0.2, 0) is 11.2 Å². The number of carbonyl (C=O) groups is 2. The van der Waals surface area contributed by atoms with Crippen molar-refractivity contribution in [2.45, 2.75) is 45.1 Å². The number of nitrogens with one attached hydrogen (secondary N) is 1. The lowest BCUT2D eigenvalue weighted by Gasteiger charge is -2.20. The molecule has 2 heterocycles. The Morgan fingerprint density at radius 1 is 1.23 bits per heavy atom. The molecule has 0 bridgehead atoms. The molecule has 7 nitrogen and oxygen atoms in total. The quantitative estimate of drug-likeness (QED) is 0.761. The fourth-order valence-electron chi connectivity index (χ4n) is 3.69. The van der Waals surface area contributed by atoms with Gasteiger partial charge in [0.1, 0.15) is 0 Å². The molecule has 1 atom stereocenters. The molecule has 1 aromatic carbocycles. The first-order valence-corrected chi connectivity index (χ1v) is 10.5. The number of amides is 2. The van der Waals surface area contributed by atoms with Crippen molar-refractivity contribution in [2.75, 3.05) is 32.1 Å². The summed E-state index contributed by atoms with van der Waals surface area (Å²) < 4.78 is 0. The summed E-state index contributed by atoms with van der Waals surface area (Å²) in [5, 5.41) is 2.93. The molecule has 0 radical (unpaired) electrons. The van der Waals surface area contributed by atoms with Crippen molar-refractivity contribution in [3.63, 3.8) is 0 Å². The van der Waals surface area contributed by atoms with Gasteiger partial charge in [-0.3, -0.25) is 9.59 Å². The molecule has 1 N–H and O–H groups in total. The molecule has 1 unspecified atom stereocenters. The average Bonchev–Trinajstić information content (AvgIpc) is 3.22. The number of benzene rings is 1. The lowest BCUT2D eigenvalue weighted by Crippen LogP contribution is -2.32. The van der Waals surface area contributed by atoms with Gasteiger partial charge < -0.3 is 15.1 Å². The Morgan fingerprint density at radius 2 is 1.97 bits per heavy atom. The summed E-state index contributed by atoms with van der Waals surface area (Å²) in [5.41, 5.74) is 2.39. The van der Waals surface area contributed by atoms with Gasteiger partial charge in [-0.05, 0) is 32.3 Å². The summed E-state index contributed by atoms with van der Waals surface area (Å²) >= 11 is 0. The molecule has 160 valence electrons. The van der Waals surface area contributed by atoms with Crippen LogP contribution < -0.4 is 10.2 Å². The van der Waals surface area contributed by atoms with E-state index >= 15 is 0 Å². The van der Waals surface area contributed by atoms with E-state index in [1.54, 1.807) is 6.20 Å². The summed E-state index contributed by atoms with van der Waals surface area (Å²) in [4.78, 5) is 38.2. The SMILES string of the molecule is CC(C)NC(=O)c1cnc(N(C)C)nc1C1CCN(C(=O)CCc2ccccc2)C1. The number of aryl methyl sites for hydroxylation is 1. The van der Waals surface area contributed by atoms with Crippen LogP contribution in [0.2, 0.25) is 0 Å². The number of hydrogen-bond acceptors (Lipinski definition) is 5. The summed E-state index contributed by atoms with van der Waals surface area (Å²) in [5.74, 6) is 0.579. The van der Waals surface area contributed by atoms with Crippen molar-refractivity contribution >= 4 is 17.8 Å². The molecule has 1 aliphatic heterocycles. The highest BCUT2D eigenvalue weighted by atomic mass is 16.2. The van der Waals surface area contributed by atoms with Crippen LogP contribution in [0.15, 0.2) is 36.5 Å². The molecule has 3 rings (SSSR count). The Morgan fingerprint density at radius 3 is 2.63 bits per heavy atom. The van der Waals surface area contributed by atoms with Crippen LogP contribution in [0.1, 0.15) is 54.2 Å². The van der Waals surface area contributed by atoms with Crippen LogP contribution in [0.5, 0.6) is 0 Å². The van der Waals surface area contributed by atoms with Gasteiger partial charge >= 0.3 is 0 Å². The molecule has 0 saturated carbocycles. The molecule has 2 aromatic rings. The third kappa shape index (κ3) is 5.34. The molecule has 0 aliphatic carbocycles. The highest BCUT2D eigenvalue weighted by Gasteiger charge is 2.31. The number of anilines is 1. The normalized spacial score (nSPS) is 16.0. The van der Waals surface area contributed by atoms with Crippen LogP contribution in [0.4, 0.5) is 5.95 Å². The molecule has 1 saturated heterocycles. The first-order chi connectivity index (χ1) is 14.3. The van der Waals surface area contributed by atoms with Crippen LogP contribution in [0.3, 0.4) is 0 Å². The summed E-state index contributed by atoms with van der Waals surface area (Å²) in [7, 11) is 3.75. The van der Waals surface area contributed by atoms with Crippen molar-refractivity contribution in [2.24, 2.45) is 0 Å². The first-order valence-electron chi connectivity index (χ1n) is 10.5. The highest BCUT2D eigenvalue weighted by molar-refractivity contribution is 5.95. The fourth-order valence-corrected chi connectivity index (χ4v) is 3.69. The number of likely N-dealkylation sites (tertiary alicyclic amines) is 1.